The van der Waals surface area contributed by atoms with E-state index in [-0.39, 0.29) is 17.1 Å². The summed E-state index contributed by atoms with van der Waals surface area (Å²) in [6.07, 6.45) is 6.46. The molecule has 0 unspecified atom stereocenters. The van der Waals surface area contributed by atoms with E-state index in [1.54, 1.807) is 55.8 Å². The number of aromatic nitrogens is 4. The third kappa shape index (κ3) is 6.58. The number of para-hydroxylation sites is 1. The predicted molar refractivity (Wildman–Crippen MR) is 165 cm³/mol. The first-order valence-electron chi connectivity index (χ1n) is 14.3. The van der Waals surface area contributed by atoms with Gasteiger partial charge in [-0.05, 0) is 68.8 Å². The van der Waals surface area contributed by atoms with Crippen LogP contribution in [0, 0.1) is 5.82 Å². The van der Waals surface area contributed by atoms with Crippen molar-refractivity contribution in [3.63, 3.8) is 0 Å². The minimum absolute atomic E-state index is 0.0265. The molecular weight excluding hydrogens is 587 g/mol. The second kappa shape index (κ2) is 13.3. The number of halogens is 2. The second-order valence-electron chi connectivity index (χ2n) is 10.3. The zero-order valence-corrected chi connectivity index (χ0v) is 24.8. The van der Waals surface area contributed by atoms with Crippen molar-refractivity contribution in [2.45, 2.75) is 19.3 Å². The summed E-state index contributed by atoms with van der Waals surface area (Å²) >= 11 is 6.20. The normalized spacial score (nSPS) is 13.2. The average Bonchev–Trinajstić information content (AvgIpc) is 3.74. The highest BCUT2D eigenvalue weighted by atomic mass is 35.5. The van der Waals surface area contributed by atoms with Crippen LogP contribution < -0.4 is 19.5 Å². The smallest absolute Gasteiger partial charge is 0.277 e. The molecule has 226 valence electrons. The highest BCUT2D eigenvalue weighted by molar-refractivity contribution is 6.32. The Labute approximate surface area is 258 Å². The summed E-state index contributed by atoms with van der Waals surface area (Å²) in [5.41, 5.74) is 1.45. The van der Waals surface area contributed by atoms with E-state index in [1.807, 2.05) is 0 Å². The molecule has 5 aromatic rings. The number of nitrogens with one attached hydrogen (secondary N) is 1. The van der Waals surface area contributed by atoms with Gasteiger partial charge in [-0.1, -0.05) is 28.9 Å². The van der Waals surface area contributed by atoms with Crippen LogP contribution in [-0.4, -0.2) is 64.1 Å². The number of carbonyl (C=O) groups is 1. The van der Waals surface area contributed by atoms with Gasteiger partial charge in [-0.25, -0.2) is 9.07 Å². The molecule has 0 radical (unpaired) electrons. The SMILES string of the molecule is COc1cc2c(Oc3ccc(NC(=O)c4cn(-c5ccccc5Cl)nn4)cc3F)ccnc2cc1OCCCN1CCCC1. The number of anilines is 1. The Bertz CT molecular complexity index is 1790. The van der Waals surface area contributed by atoms with Crippen LogP contribution in [0.2, 0.25) is 5.02 Å². The molecule has 0 saturated carbocycles. The molecule has 44 heavy (non-hydrogen) atoms. The number of rotatable bonds is 11. The maximum atomic E-state index is 15.2. The molecule has 0 spiro atoms. The zero-order chi connectivity index (χ0) is 30.5. The molecule has 0 atom stereocenters. The molecule has 6 rings (SSSR count). The van der Waals surface area contributed by atoms with Crippen LogP contribution >= 0.6 is 11.6 Å². The van der Waals surface area contributed by atoms with Crippen LogP contribution in [0.5, 0.6) is 23.0 Å². The van der Waals surface area contributed by atoms with Crippen molar-refractivity contribution in [1.29, 1.82) is 0 Å². The van der Waals surface area contributed by atoms with E-state index >= 15 is 4.39 Å². The largest absolute Gasteiger partial charge is 0.493 e. The van der Waals surface area contributed by atoms with E-state index < -0.39 is 11.7 Å². The van der Waals surface area contributed by atoms with E-state index in [0.29, 0.717) is 45.5 Å². The molecule has 1 N–H and O–H groups in total. The monoisotopic (exact) mass is 616 g/mol. The van der Waals surface area contributed by atoms with Crippen molar-refractivity contribution in [3.8, 4) is 28.7 Å². The number of hydrogen-bond donors (Lipinski definition) is 1. The Morgan fingerprint density at radius 1 is 1.02 bits per heavy atom. The van der Waals surface area contributed by atoms with Gasteiger partial charge >= 0.3 is 0 Å². The van der Waals surface area contributed by atoms with Crippen LogP contribution in [-0.2, 0) is 0 Å². The quantitative estimate of drug-likeness (QED) is 0.167. The molecule has 0 bridgehead atoms. The van der Waals surface area contributed by atoms with Crippen LogP contribution in [0.4, 0.5) is 10.1 Å². The summed E-state index contributed by atoms with van der Waals surface area (Å²) < 4.78 is 34.1. The lowest BCUT2D eigenvalue weighted by Crippen LogP contribution is -2.21. The number of amides is 1. The van der Waals surface area contributed by atoms with Crippen molar-refractivity contribution in [2.24, 2.45) is 0 Å². The Morgan fingerprint density at radius 2 is 1.86 bits per heavy atom. The fourth-order valence-electron chi connectivity index (χ4n) is 5.06. The molecule has 12 heteroatoms. The maximum Gasteiger partial charge on any atom is 0.277 e. The molecule has 3 heterocycles. The van der Waals surface area contributed by atoms with Gasteiger partial charge < -0.3 is 24.4 Å². The first-order valence-corrected chi connectivity index (χ1v) is 14.6. The summed E-state index contributed by atoms with van der Waals surface area (Å²) in [5, 5.41) is 11.6. The third-order valence-corrected chi connectivity index (χ3v) is 7.62. The number of fused-ring (bicyclic) bond motifs is 1. The summed E-state index contributed by atoms with van der Waals surface area (Å²) in [6.45, 7) is 3.87. The molecule has 10 nitrogen and oxygen atoms in total. The van der Waals surface area contributed by atoms with Crippen molar-refractivity contribution in [2.75, 3.05) is 38.7 Å². The van der Waals surface area contributed by atoms with Crippen LogP contribution in [0.15, 0.2) is 73.1 Å². The number of ether oxygens (including phenoxy) is 3. The molecule has 1 aliphatic heterocycles. The maximum absolute atomic E-state index is 15.2. The number of hydrogen-bond acceptors (Lipinski definition) is 8. The second-order valence-corrected chi connectivity index (χ2v) is 10.7. The Hall–Kier alpha value is -4.74. The summed E-state index contributed by atoms with van der Waals surface area (Å²) in [6, 6.07) is 16.4. The first kappa shape index (κ1) is 29.3. The molecule has 1 saturated heterocycles. The fraction of sp³-hybridized carbons (Fsp3) is 0.250. The summed E-state index contributed by atoms with van der Waals surface area (Å²) in [5.74, 6) is 0.253. The van der Waals surface area contributed by atoms with Crippen molar-refractivity contribution < 1.29 is 23.4 Å². The highest BCUT2D eigenvalue weighted by Crippen LogP contribution is 2.38. The van der Waals surface area contributed by atoms with Gasteiger partial charge in [0.1, 0.15) is 5.75 Å². The molecule has 1 fully saturated rings. The fourth-order valence-corrected chi connectivity index (χ4v) is 5.29. The minimum Gasteiger partial charge on any atom is -0.493 e. The molecule has 1 aliphatic rings. The van der Waals surface area contributed by atoms with E-state index in [0.717, 1.165) is 26.1 Å². The number of pyridine rings is 1. The molecular formula is C32H30ClFN6O4. The van der Waals surface area contributed by atoms with Crippen LogP contribution in [0.1, 0.15) is 29.8 Å². The molecule has 1 amide bonds. The van der Waals surface area contributed by atoms with Gasteiger partial charge in [0, 0.05) is 35.9 Å². The van der Waals surface area contributed by atoms with E-state index in [9.17, 15) is 4.79 Å². The van der Waals surface area contributed by atoms with Gasteiger partial charge in [-0.15, -0.1) is 5.10 Å². The van der Waals surface area contributed by atoms with Gasteiger partial charge in [-0.3, -0.25) is 9.78 Å². The van der Waals surface area contributed by atoms with E-state index in [4.69, 9.17) is 25.8 Å². The number of carbonyl (C=O) groups excluding carboxylic acids is 1. The van der Waals surface area contributed by atoms with Gasteiger partial charge in [0.2, 0.25) is 0 Å². The lowest BCUT2D eigenvalue weighted by Gasteiger charge is -2.16. The van der Waals surface area contributed by atoms with Gasteiger partial charge in [0.05, 0.1) is 36.1 Å². The number of likely N-dealkylation sites (tertiary alicyclic amines) is 1. The van der Waals surface area contributed by atoms with E-state index in [1.165, 1.54) is 41.9 Å². The molecule has 0 aliphatic carbocycles. The standard InChI is InChI=1S/C32H30ClFN6O4/c1-42-30-18-22-25(19-31(30)43-16-6-15-39-13-4-5-14-39)35-12-11-28(22)44-29-10-9-21(17-24(29)34)36-32(41)26-20-40(38-37-26)27-8-3-2-7-23(27)33/h2-3,7-12,17-20H,4-6,13-16H2,1H3,(H,36,41). The zero-order valence-electron chi connectivity index (χ0n) is 24.0. The Balaban J connectivity index is 1.13. The first-order chi connectivity index (χ1) is 21.5. The molecule has 3 aromatic carbocycles. The third-order valence-electron chi connectivity index (χ3n) is 7.30. The van der Waals surface area contributed by atoms with Gasteiger partial charge in [0.15, 0.2) is 28.8 Å². The van der Waals surface area contributed by atoms with Crippen LogP contribution in [0.3, 0.4) is 0 Å². The van der Waals surface area contributed by atoms with Crippen molar-refractivity contribution >= 4 is 34.1 Å². The highest BCUT2D eigenvalue weighted by Gasteiger charge is 2.17. The van der Waals surface area contributed by atoms with E-state index in [2.05, 4.69) is 25.5 Å². The number of methoxy groups -OCH3 is 1. The summed E-state index contributed by atoms with van der Waals surface area (Å²) in [7, 11) is 1.57. The average molecular weight is 617 g/mol. The lowest BCUT2D eigenvalue weighted by atomic mass is 10.1. The predicted octanol–water partition coefficient (Wildman–Crippen LogP) is 6.53. The van der Waals surface area contributed by atoms with Crippen LogP contribution in [0.25, 0.3) is 16.6 Å². The Kier molecular flexibility index (Phi) is 8.85. The molecule has 2 aromatic heterocycles. The number of nitrogens with zero attached hydrogens (tertiary/aromatic N) is 5. The minimum atomic E-state index is -0.669. The van der Waals surface area contributed by atoms with Gasteiger partial charge in [-0.2, -0.15) is 0 Å². The lowest BCUT2D eigenvalue weighted by molar-refractivity contribution is 0.102. The summed E-state index contributed by atoms with van der Waals surface area (Å²) in [4.78, 5) is 19.7. The van der Waals surface area contributed by atoms with Crippen molar-refractivity contribution in [1.82, 2.24) is 24.9 Å². The number of benzene rings is 3. The van der Waals surface area contributed by atoms with Gasteiger partial charge in [0.25, 0.3) is 5.91 Å². The Morgan fingerprint density at radius 3 is 2.66 bits per heavy atom. The topological polar surface area (TPSA) is 104 Å². The van der Waals surface area contributed by atoms with Crippen molar-refractivity contribution in [3.05, 3.63) is 89.6 Å².